The van der Waals surface area contributed by atoms with Crippen LogP contribution in [-0.4, -0.2) is 13.1 Å². The van der Waals surface area contributed by atoms with Crippen molar-refractivity contribution < 1.29 is 0 Å². The average molecular weight is 278 g/mol. The van der Waals surface area contributed by atoms with Gasteiger partial charge in [0.2, 0.25) is 0 Å². The lowest BCUT2D eigenvalue weighted by Crippen LogP contribution is -2.31. The van der Waals surface area contributed by atoms with Crippen molar-refractivity contribution in [1.82, 2.24) is 5.32 Å². The lowest BCUT2D eigenvalue weighted by atomic mass is 9.83. The maximum absolute atomic E-state index is 6.07. The molecule has 0 amide bonds. The van der Waals surface area contributed by atoms with Crippen LogP contribution >= 0.6 is 11.6 Å². The van der Waals surface area contributed by atoms with Crippen LogP contribution in [0.15, 0.2) is 24.3 Å². The van der Waals surface area contributed by atoms with Crippen molar-refractivity contribution in [1.29, 1.82) is 0 Å². The van der Waals surface area contributed by atoms with Crippen LogP contribution < -0.4 is 5.32 Å². The first-order valence-corrected chi connectivity index (χ1v) is 8.04. The van der Waals surface area contributed by atoms with E-state index < -0.39 is 0 Å². The molecule has 2 bridgehead atoms. The summed E-state index contributed by atoms with van der Waals surface area (Å²) in [7, 11) is 2.10. The molecule has 19 heavy (non-hydrogen) atoms. The second-order valence-corrected chi connectivity index (χ2v) is 6.93. The third-order valence-corrected chi connectivity index (χ3v) is 5.49. The zero-order chi connectivity index (χ0) is 13.2. The first-order valence-electron chi connectivity index (χ1n) is 7.66. The fourth-order valence-electron chi connectivity index (χ4n) is 4.28. The Morgan fingerprint density at radius 2 is 2.21 bits per heavy atom. The minimum atomic E-state index is 0.600. The maximum atomic E-state index is 6.07. The molecule has 2 aliphatic carbocycles. The Labute approximate surface area is 121 Å². The number of hydrogen-bond donors (Lipinski definition) is 1. The molecule has 0 spiro atoms. The van der Waals surface area contributed by atoms with Gasteiger partial charge < -0.3 is 5.32 Å². The van der Waals surface area contributed by atoms with Gasteiger partial charge in [0.05, 0.1) is 0 Å². The van der Waals surface area contributed by atoms with Gasteiger partial charge in [0, 0.05) is 11.1 Å². The summed E-state index contributed by atoms with van der Waals surface area (Å²) in [5, 5.41) is 4.37. The average Bonchev–Trinajstić information content (AvgIpc) is 3.00. The summed E-state index contributed by atoms with van der Waals surface area (Å²) in [5.74, 6) is 3.05. The molecule has 1 N–H and O–H groups in total. The van der Waals surface area contributed by atoms with Gasteiger partial charge >= 0.3 is 0 Å². The normalized spacial score (nSPS) is 30.7. The molecule has 2 aliphatic rings. The molecule has 0 aliphatic heterocycles. The Kier molecular flexibility index (Phi) is 4.14. The van der Waals surface area contributed by atoms with Crippen LogP contribution in [0.25, 0.3) is 0 Å². The molecular weight excluding hydrogens is 254 g/mol. The molecule has 1 aromatic rings. The standard InChI is InChI=1S/C17H24ClN/c1-19-17(10-12-3-2-4-16(18)9-12)11-15-8-13-5-6-14(15)7-13/h2-4,9,13-15,17,19H,5-8,10-11H2,1H3. The lowest BCUT2D eigenvalue weighted by molar-refractivity contribution is 0.281. The number of fused-ring (bicyclic) bond motifs is 2. The van der Waals surface area contributed by atoms with Crippen LogP contribution in [0.1, 0.15) is 37.7 Å². The molecule has 104 valence electrons. The van der Waals surface area contributed by atoms with E-state index in [0.717, 1.165) is 29.2 Å². The third-order valence-electron chi connectivity index (χ3n) is 5.25. The van der Waals surface area contributed by atoms with Gasteiger partial charge in [0.25, 0.3) is 0 Å². The second kappa shape index (κ2) is 5.85. The predicted molar refractivity (Wildman–Crippen MR) is 81.6 cm³/mol. The zero-order valence-electron chi connectivity index (χ0n) is 11.7. The molecule has 2 fully saturated rings. The fraction of sp³-hybridized carbons (Fsp3) is 0.647. The van der Waals surface area contributed by atoms with E-state index in [9.17, 15) is 0 Å². The van der Waals surface area contributed by atoms with Gasteiger partial charge in [-0.05, 0) is 74.6 Å². The summed E-state index contributed by atoms with van der Waals surface area (Å²) < 4.78 is 0. The molecule has 1 aromatic carbocycles. The van der Waals surface area contributed by atoms with E-state index in [2.05, 4.69) is 30.6 Å². The summed E-state index contributed by atoms with van der Waals surface area (Å²) in [4.78, 5) is 0. The van der Waals surface area contributed by atoms with Crippen LogP contribution in [-0.2, 0) is 6.42 Å². The van der Waals surface area contributed by atoms with Gasteiger partial charge in [-0.1, -0.05) is 30.2 Å². The maximum Gasteiger partial charge on any atom is 0.0408 e. The van der Waals surface area contributed by atoms with Crippen molar-refractivity contribution >= 4 is 11.6 Å². The third kappa shape index (κ3) is 3.14. The van der Waals surface area contributed by atoms with E-state index in [0.29, 0.717) is 6.04 Å². The molecule has 1 nitrogen and oxygen atoms in total. The summed E-state index contributed by atoms with van der Waals surface area (Å²) in [5.41, 5.74) is 1.36. The number of rotatable bonds is 5. The minimum absolute atomic E-state index is 0.600. The molecule has 0 aromatic heterocycles. The van der Waals surface area contributed by atoms with Gasteiger partial charge in [-0.3, -0.25) is 0 Å². The van der Waals surface area contributed by atoms with E-state index in [-0.39, 0.29) is 0 Å². The zero-order valence-corrected chi connectivity index (χ0v) is 12.5. The molecule has 2 heteroatoms. The molecular formula is C17H24ClN. The van der Waals surface area contributed by atoms with Gasteiger partial charge in [-0.15, -0.1) is 0 Å². The van der Waals surface area contributed by atoms with Crippen molar-refractivity contribution in [2.24, 2.45) is 17.8 Å². The fourth-order valence-corrected chi connectivity index (χ4v) is 4.50. The van der Waals surface area contributed by atoms with Crippen LogP contribution in [0.5, 0.6) is 0 Å². The molecule has 0 heterocycles. The Morgan fingerprint density at radius 3 is 2.84 bits per heavy atom. The van der Waals surface area contributed by atoms with Crippen LogP contribution in [0.4, 0.5) is 0 Å². The largest absolute Gasteiger partial charge is 0.317 e. The van der Waals surface area contributed by atoms with Gasteiger partial charge in [-0.2, -0.15) is 0 Å². The van der Waals surface area contributed by atoms with Gasteiger partial charge in [-0.25, -0.2) is 0 Å². The van der Waals surface area contributed by atoms with Crippen molar-refractivity contribution in [2.45, 2.75) is 44.6 Å². The quantitative estimate of drug-likeness (QED) is 0.846. The highest BCUT2D eigenvalue weighted by atomic mass is 35.5. The smallest absolute Gasteiger partial charge is 0.0408 e. The van der Waals surface area contributed by atoms with Crippen LogP contribution in [0.3, 0.4) is 0 Å². The van der Waals surface area contributed by atoms with Crippen molar-refractivity contribution in [2.75, 3.05) is 7.05 Å². The van der Waals surface area contributed by atoms with E-state index in [1.54, 1.807) is 0 Å². The number of benzene rings is 1. The monoisotopic (exact) mass is 277 g/mol. The van der Waals surface area contributed by atoms with E-state index in [4.69, 9.17) is 11.6 Å². The Balaban J connectivity index is 1.59. The predicted octanol–water partition coefficient (Wildman–Crippen LogP) is 4.30. The van der Waals surface area contributed by atoms with Gasteiger partial charge in [0.15, 0.2) is 0 Å². The topological polar surface area (TPSA) is 12.0 Å². The van der Waals surface area contributed by atoms with E-state index in [1.807, 2.05) is 6.07 Å². The number of halogens is 1. The van der Waals surface area contributed by atoms with Gasteiger partial charge in [0.1, 0.15) is 0 Å². The van der Waals surface area contributed by atoms with E-state index >= 15 is 0 Å². The molecule has 0 radical (unpaired) electrons. The first-order chi connectivity index (χ1) is 9.24. The molecule has 2 saturated carbocycles. The Bertz CT molecular complexity index is 431. The van der Waals surface area contributed by atoms with Crippen molar-refractivity contribution in [3.63, 3.8) is 0 Å². The first kappa shape index (κ1) is 13.5. The van der Waals surface area contributed by atoms with Crippen molar-refractivity contribution in [3.8, 4) is 0 Å². The molecule has 0 saturated heterocycles. The number of likely N-dealkylation sites (N-methyl/N-ethyl adjacent to an activating group) is 1. The van der Waals surface area contributed by atoms with Crippen molar-refractivity contribution in [3.05, 3.63) is 34.9 Å². The Hall–Kier alpha value is -0.530. The van der Waals surface area contributed by atoms with Crippen LogP contribution in [0.2, 0.25) is 5.02 Å². The molecule has 4 unspecified atom stereocenters. The summed E-state index contributed by atoms with van der Waals surface area (Å²) in [6.45, 7) is 0. The summed E-state index contributed by atoms with van der Waals surface area (Å²) in [6, 6.07) is 8.91. The summed E-state index contributed by atoms with van der Waals surface area (Å²) in [6.07, 6.45) is 8.42. The minimum Gasteiger partial charge on any atom is -0.317 e. The molecule has 3 rings (SSSR count). The SMILES string of the molecule is CNC(Cc1cccc(Cl)c1)CC1CC2CCC1C2. The Morgan fingerprint density at radius 1 is 1.32 bits per heavy atom. The highest BCUT2D eigenvalue weighted by Gasteiger charge is 2.39. The number of nitrogens with one attached hydrogen (secondary N) is 1. The molecule has 4 atom stereocenters. The van der Waals surface area contributed by atoms with E-state index in [1.165, 1.54) is 37.7 Å². The lowest BCUT2D eigenvalue weighted by Gasteiger charge is -2.26. The highest BCUT2D eigenvalue weighted by Crippen LogP contribution is 2.49. The highest BCUT2D eigenvalue weighted by molar-refractivity contribution is 6.30. The number of hydrogen-bond acceptors (Lipinski definition) is 1. The summed E-state index contributed by atoms with van der Waals surface area (Å²) >= 11 is 6.07. The van der Waals surface area contributed by atoms with Crippen LogP contribution in [0, 0.1) is 17.8 Å². The second-order valence-electron chi connectivity index (χ2n) is 6.49.